The van der Waals surface area contributed by atoms with Gasteiger partial charge in [0.25, 0.3) is 0 Å². The molecule has 9 aromatic rings. The van der Waals surface area contributed by atoms with Gasteiger partial charge < -0.3 is 0 Å². The maximum atomic E-state index is 5.52. The normalized spacial score (nSPS) is 11.6. The summed E-state index contributed by atoms with van der Waals surface area (Å²) in [5.74, 6) is 0. The highest BCUT2D eigenvalue weighted by atomic mass is 32.1. The number of benzene rings is 7. The molecule has 2 aromatic heterocycles. The number of allylic oxidation sites excluding steroid dienone is 3. The van der Waals surface area contributed by atoms with E-state index in [1.165, 1.54) is 51.5 Å². The van der Waals surface area contributed by atoms with Crippen LogP contribution in [-0.2, 0) is 0 Å². The van der Waals surface area contributed by atoms with E-state index in [1.807, 2.05) is 43.4 Å². The largest absolute Gasteiger partial charge is 0.252 e. The molecule has 0 aliphatic rings. The SMILES string of the molecule is C=C(/C=C(\N=C(C)c1cccc2c1sc1ccccc12)c1cc(-c2ccccc2)cc(-c2ccccc2)c1)c1cccc2c1sc1ccccc12.C=CC.CC. The number of hydrogen-bond acceptors (Lipinski definition) is 3. The lowest BCUT2D eigenvalue weighted by molar-refractivity contribution is 1.47. The van der Waals surface area contributed by atoms with Crippen molar-refractivity contribution >= 4 is 80.0 Å². The monoisotopic (exact) mass is 759 g/mol. The first kappa shape index (κ1) is 38.2. The molecule has 7 aromatic carbocycles. The van der Waals surface area contributed by atoms with Gasteiger partial charge in [-0.2, -0.15) is 0 Å². The Hall–Kier alpha value is -6.13. The summed E-state index contributed by atoms with van der Waals surface area (Å²) in [7, 11) is 0. The molecule has 0 unspecified atom stereocenters. The molecule has 0 saturated carbocycles. The van der Waals surface area contributed by atoms with Gasteiger partial charge in [-0.3, -0.25) is 4.99 Å². The van der Waals surface area contributed by atoms with Crippen LogP contribution in [0.2, 0.25) is 0 Å². The highest BCUT2D eigenvalue weighted by Crippen LogP contribution is 2.40. The number of rotatable bonds is 7. The van der Waals surface area contributed by atoms with E-state index in [0.717, 1.165) is 44.8 Å². The molecule has 0 bridgehead atoms. The minimum atomic E-state index is 0.878. The van der Waals surface area contributed by atoms with Gasteiger partial charge in [-0.15, -0.1) is 29.3 Å². The molecule has 2 heterocycles. The lowest BCUT2D eigenvalue weighted by Crippen LogP contribution is -1.97. The van der Waals surface area contributed by atoms with Crippen molar-refractivity contribution in [2.45, 2.75) is 27.7 Å². The Labute approximate surface area is 339 Å². The van der Waals surface area contributed by atoms with Gasteiger partial charge in [0.1, 0.15) is 0 Å². The third-order valence-electron chi connectivity index (χ3n) is 9.59. The molecule has 0 saturated heterocycles. The number of aliphatic imine (C=N–C) groups is 1. The van der Waals surface area contributed by atoms with Crippen LogP contribution < -0.4 is 0 Å². The molecule has 0 spiro atoms. The van der Waals surface area contributed by atoms with E-state index in [9.17, 15) is 0 Å². The van der Waals surface area contributed by atoms with Gasteiger partial charge in [-0.05, 0) is 83.6 Å². The van der Waals surface area contributed by atoms with Gasteiger partial charge >= 0.3 is 0 Å². The Morgan fingerprint density at radius 3 is 1.46 bits per heavy atom. The first-order valence-electron chi connectivity index (χ1n) is 19.1. The summed E-state index contributed by atoms with van der Waals surface area (Å²) in [6.45, 7) is 16.1. The van der Waals surface area contributed by atoms with Crippen molar-refractivity contribution in [1.29, 1.82) is 0 Å². The summed E-state index contributed by atoms with van der Waals surface area (Å²) in [5, 5.41) is 5.10. The number of nitrogens with zero attached hydrogens (tertiary/aromatic N) is 1. The fourth-order valence-corrected chi connectivity index (χ4v) is 9.59. The second-order valence-corrected chi connectivity index (χ2v) is 15.4. The van der Waals surface area contributed by atoms with Crippen molar-refractivity contribution in [2.24, 2.45) is 4.99 Å². The molecule has 0 aliphatic heterocycles. The average molecular weight is 760 g/mol. The molecule has 0 atom stereocenters. The van der Waals surface area contributed by atoms with E-state index < -0.39 is 0 Å². The molecular formula is C53H45NS2. The van der Waals surface area contributed by atoms with Crippen LogP contribution in [0.3, 0.4) is 0 Å². The van der Waals surface area contributed by atoms with E-state index in [4.69, 9.17) is 11.6 Å². The summed E-state index contributed by atoms with van der Waals surface area (Å²) in [5.41, 5.74) is 10.7. The lowest BCUT2D eigenvalue weighted by atomic mass is 9.94. The second kappa shape index (κ2) is 17.6. The van der Waals surface area contributed by atoms with Crippen LogP contribution in [0.4, 0.5) is 0 Å². The van der Waals surface area contributed by atoms with Gasteiger partial charge in [0.2, 0.25) is 0 Å². The Morgan fingerprint density at radius 1 is 0.518 bits per heavy atom. The fourth-order valence-electron chi connectivity index (χ4n) is 7.07. The van der Waals surface area contributed by atoms with Crippen molar-refractivity contribution in [2.75, 3.05) is 0 Å². The first-order chi connectivity index (χ1) is 27.5. The summed E-state index contributed by atoms with van der Waals surface area (Å²) in [4.78, 5) is 5.52. The highest BCUT2D eigenvalue weighted by molar-refractivity contribution is 7.26. The van der Waals surface area contributed by atoms with Crippen LogP contribution in [0.5, 0.6) is 0 Å². The Kier molecular flexibility index (Phi) is 12.0. The fraction of sp³-hybridized carbons (Fsp3) is 0.0755. The van der Waals surface area contributed by atoms with Crippen molar-refractivity contribution in [3.63, 3.8) is 0 Å². The summed E-state index contributed by atoms with van der Waals surface area (Å²) < 4.78 is 5.08. The van der Waals surface area contributed by atoms with Crippen molar-refractivity contribution < 1.29 is 0 Å². The number of fused-ring (bicyclic) bond motifs is 6. The minimum absolute atomic E-state index is 0.878. The van der Waals surface area contributed by atoms with E-state index in [2.05, 4.69) is 183 Å². The van der Waals surface area contributed by atoms with E-state index in [-0.39, 0.29) is 0 Å². The highest BCUT2D eigenvalue weighted by Gasteiger charge is 2.15. The quantitative estimate of drug-likeness (QED) is 0.0872. The molecular weight excluding hydrogens is 715 g/mol. The summed E-state index contributed by atoms with van der Waals surface area (Å²) in [6.07, 6.45) is 3.94. The van der Waals surface area contributed by atoms with Gasteiger partial charge in [0.05, 0.1) is 5.70 Å². The van der Waals surface area contributed by atoms with Crippen molar-refractivity contribution in [1.82, 2.24) is 0 Å². The molecule has 9 rings (SSSR count). The smallest absolute Gasteiger partial charge is 0.0711 e. The predicted octanol–water partition coefficient (Wildman–Crippen LogP) is 16.5. The maximum Gasteiger partial charge on any atom is 0.0711 e. The van der Waals surface area contributed by atoms with Crippen molar-refractivity contribution in [3.05, 3.63) is 206 Å². The number of hydrogen-bond donors (Lipinski definition) is 0. The lowest BCUT2D eigenvalue weighted by Gasteiger charge is -2.14. The average Bonchev–Trinajstić information content (AvgIpc) is 3.84. The number of thiophene rings is 2. The molecule has 274 valence electrons. The Morgan fingerprint density at radius 2 is 0.946 bits per heavy atom. The molecule has 56 heavy (non-hydrogen) atoms. The maximum absolute atomic E-state index is 5.52. The zero-order valence-corrected chi connectivity index (χ0v) is 34.1. The van der Waals surface area contributed by atoms with Gasteiger partial charge in [0.15, 0.2) is 0 Å². The van der Waals surface area contributed by atoms with Gasteiger partial charge in [-0.1, -0.05) is 160 Å². The molecule has 0 amide bonds. The predicted molar refractivity (Wildman–Crippen MR) is 252 cm³/mol. The van der Waals surface area contributed by atoms with Crippen LogP contribution in [0.15, 0.2) is 194 Å². The Balaban J connectivity index is 0.000000919. The van der Waals surface area contributed by atoms with Gasteiger partial charge in [-0.25, -0.2) is 0 Å². The van der Waals surface area contributed by atoms with Crippen molar-refractivity contribution in [3.8, 4) is 22.3 Å². The minimum Gasteiger partial charge on any atom is -0.252 e. The van der Waals surface area contributed by atoms with E-state index in [0.29, 0.717) is 0 Å². The van der Waals surface area contributed by atoms with Crippen LogP contribution >= 0.6 is 22.7 Å². The van der Waals surface area contributed by atoms with Crippen LogP contribution in [0.1, 0.15) is 44.4 Å². The molecule has 0 aliphatic carbocycles. The van der Waals surface area contributed by atoms with Crippen LogP contribution in [-0.4, -0.2) is 5.71 Å². The molecule has 0 N–H and O–H groups in total. The standard InChI is InChI=1S/C48H33NS2.C3H6.C2H6/c1-31(38-21-13-23-42-40-19-9-11-25-45(40)50-47(38)42)27-44(49-32(2)39-22-14-24-43-41-20-10-12-26-46(41)51-48(39)43)37-29-35(33-15-5-3-6-16-33)28-36(30-37)34-17-7-4-8-18-34;1-3-2;1-2/h3-30H,1H2,2H3;3H,1H2,2H3;1-2H3/b44-27-,49-32?;;. The van der Waals surface area contributed by atoms with E-state index in [1.54, 1.807) is 6.08 Å². The van der Waals surface area contributed by atoms with Crippen LogP contribution in [0.25, 0.3) is 73.9 Å². The Bertz CT molecular complexity index is 2810. The topological polar surface area (TPSA) is 12.4 Å². The molecule has 3 heteroatoms. The summed E-state index contributed by atoms with van der Waals surface area (Å²) >= 11 is 3.67. The second-order valence-electron chi connectivity index (χ2n) is 13.3. The molecule has 0 radical (unpaired) electrons. The zero-order valence-electron chi connectivity index (χ0n) is 32.4. The first-order valence-corrected chi connectivity index (χ1v) is 20.8. The van der Waals surface area contributed by atoms with Gasteiger partial charge in [0, 0.05) is 57.2 Å². The van der Waals surface area contributed by atoms with Crippen LogP contribution in [0, 0.1) is 0 Å². The van der Waals surface area contributed by atoms with E-state index >= 15 is 0 Å². The summed E-state index contributed by atoms with van der Waals surface area (Å²) in [6, 6.07) is 58.5. The molecule has 1 nitrogen and oxygen atoms in total. The molecule has 0 fully saturated rings. The third kappa shape index (κ3) is 7.83. The zero-order chi connectivity index (χ0) is 39.0. The third-order valence-corrected chi connectivity index (χ3v) is 12.0.